The molecule has 3 aromatic carbocycles. The minimum absolute atomic E-state index is 0.0439. The van der Waals surface area contributed by atoms with E-state index in [2.05, 4.69) is 0 Å². The van der Waals surface area contributed by atoms with Gasteiger partial charge in [0.1, 0.15) is 29.0 Å². The zero-order valence-electron chi connectivity index (χ0n) is 23.3. The Morgan fingerprint density at radius 2 is 1.57 bits per heavy atom. The van der Waals surface area contributed by atoms with Crippen LogP contribution in [0.4, 0.5) is 0 Å². The molecule has 4 aliphatic rings. The van der Waals surface area contributed by atoms with Gasteiger partial charge in [0.2, 0.25) is 6.79 Å². The first kappa shape index (κ1) is 27.3. The molecular formula is C31H31ClO10. The highest BCUT2D eigenvalue weighted by Crippen LogP contribution is 2.58. The van der Waals surface area contributed by atoms with Crippen LogP contribution in [0, 0.1) is 5.92 Å². The summed E-state index contributed by atoms with van der Waals surface area (Å²) in [7, 11) is 4.74. The van der Waals surface area contributed by atoms with Crippen molar-refractivity contribution < 1.29 is 47.7 Å². The van der Waals surface area contributed by atoms with Crippen molar-refractivity contribution in [3.8, 4) is 40.2 Å². The summed E-state index contributed by atoms with van der Waals surface area (Å²) in [5.41, 5.74) is 0.870. The van der Waals surface area contributed by atoms with Crippen LogP contribution in [0.15, 0.2) is 48.5 Å². The lowest BCUT2D eigenvalue weighted by Crippen LogP contribution is -2.39. The maximum atomic E-state index is 12.0. The van der Waals surface area contributed by atoms with Crippen molar-refractivity contribution in [2.45, 2.75) is 30.0 Å². The quantitative estimate of drug-likeness (QED) is 0.383. The van der Waals surface area contributed by atoms with Gasteiger partial charge >= 0.3 is 0 Å². The van der Waals surface area contributed by atoms with Crippen LogP contribution in [-0.4, -0.2) is 64.0 Å². The second-order valence-corrected chi connectivity index (χ2v) is 10.9. The molecule has 0 unspecified atom stereocenters. The van der Waals surface area contributed by atoms with E-state index in [1.165, 1.54) is 0 Å². The molecule has 0 saturated carbocycles. The molecule has 42 heavy (non-hydrogen) atoms. The van der Waals surface area contributed by atoms with E-state index in [0.29, 0.717) is 51.4 Å². The second-order valence-electron chi connectivity index (χ2n) is 10.6. The summed E-state index contributed by atoms with van der Waals surface area (Å²) in [4.78, 5) is 0. The van der Waals surface area contributed by atoms with Gasteiger partial charge < -0.3 is 47.7 Å². The Labute approximate surface area is 247 Å². The van der Waals surface area contributed by atoms with Gasteiger partial charge in [0, 0.05) is 23.1 Å². The van der Waals surface area contributed by atoms with Crippen molar-refractivity contribution in [1.29, 1.82) is 0 Å². The fourth-order valence-corrected chi connectivity index (χ4v) is 6.62. The van der Waals surface area contributed by atoms with Gasteiger partial charge in [0.15, 0.2) is 35.2 Å². The molecule has 222 valence electrons. The summed E-state index contributed by atoms with van der Waals surface area (Å²) in [6.07, 6.45) is -2.21. The van der Waals surface area contributed by atoms with Crippen LogP contribution in [0.2, 0.25) is 0 Å². The number of halogens is 1. The lowest BCUT2D eigenvalue weighted by atomic mass is 9.80. The van der Waals surface area contributed by atoms with Crippen molar-refractivity contribution in [3.05, 3.63) is 65.2 Å². The predicted molar refractivity (Wildman–Crippen MR) is 149 cm³/mol. The molecule has 2 fully saturated rings. The molecule has 3 aromatic rings. The number of rotatable bonds is 7. The van der Waals surface area contributed by atoms with Gasteiger partial charge in [0.25, 0.3) is 0 Å². The average Bonchev–Trinajstić information content (AvgIpc) is 3.72. The van der Waals surface area contributed by atoms with Crippen molar-refractivity contribution in [2.75, 3.05) is 47.2 Å². The van der Waals surface area contributed by atoms with Crippen molar-refractivity contribution in [1.82, 2.24) is 0 Å². The molecule has 7 rings (SSSR count). The van der Waals surface area contributed by atoms with E-state index < -0.39 is 35.9 Å². The van der Waals surface area contributed by atoms with Gasteiger partial charge in [0.05, 0.1) is 52.1 Å². The summed E-state index contributed by atoms with van der Waals surface area (Å²) in [6.45, 7) is 0.476. The molecule has 0 spiro atoms. The Balaban J connectivity index is 1.20. The molecule has 0 aliphatic carbocycles. The number of hydrogen-bond donors (Lipinski definition) is 1. The molecular weight excluding hydrogens is 568 g/mol. The van der Waals surface area contributed by atoms with E-state index in [1.807, 2.05) is 42.5 Å². The Hall–Kier alpha value is -3.57. The third-order valence-corrected chi connectivity index (χ3v) is 8.78. The van der Waals surface area contributed by atoms with Gasteiger partial charge in [-0.1, -0.05) is 12.1 Å². The third kappa shape index (κ3) is 4.19. The minimum Gasteiger partial charge on any atom is -0.496 e. The lowest BCUT2D eigenvalue weighted by Gasteiger charge is -2.34. The summed E-state index contributed by atoms with van der Waals surface area (Å²) >= 11 is 6.37. The summed E-state index contributed by atoms with van der Waals surface area (Å²) in [5, 5.41) is 12.0. The first-order chi connectivity index (χ1) is 20.5. The van der Waals surface area contributed by atoms with Gasteiger partial charge in [-0.25, -0.2) is 0 Å². The van der Waals surface area contributed by atoms with E-state index in [4.69, 9.17) is 54.2 Å². The molecule has 0 amide bonds. The van der Waals surface area contributed by atoms with Crippen LogP contribution in [0.3, 0.4) is 0 Å². The fourth-order valence-electron chi connectivity index (χ4n) is 6.40. The molecule has 0 bridgehead atoms. The monoisotopic (exact) mass is 598 g/mol. The maximum Gasteiger partial charge on any atom is 0.231 e. The maximum absolute atomic E-state index is 12.0. The smallest absolute Gasteiger partial charge is 0.231 e. The van der Waals surface area contributed by atoms with Crippen molar-refractivity contribution in [2.24, 2.45) is 5.92 Å². The normalized spacial score (nSPS) is 28.8. The number of aliphatic hydroxyl groups is 1. The number of fused-ring (bicyclic) bond motifs is 3. The molecule has 4 heterocycles. The molecule has 1 N–H and O–H groups in total. The number of benzene rings is 3. The minimum atomic E-state index is -1.34. The summed E-state index contributed by atoms with van der Waals surface area (Å²) in [5.74, 6) is 3.81. The zero-order valence-corrected chi connectivity index (χ0v) is 24.1. The second kappa shape index (κ2) is 10.6. The predicted octanol–water partition coefficient (Wildman–Crippen LogP) is 4.75. The Kier molecular flexibility index (Phi) is 6.89. The lowest BCUT2D eigenvalue weighted by molar-refractivity contribution is -0.0643. The largest absolute Gasteiger partial charge is 0.496 e. The van der Waals surface area contributed by atoms with Crippen LogP contribution in [0.25, 0.3) is 0 Å². The highest BCUT2D eigenvalue weighted by molar-refractivity contribution is 6.18. The fraction of sp³-hybridized carbons (Fsp3) is 0.419. The third-order valence-electron chi connectivity index (χ3n) is 8.48. The van der Waals surface area contributed by atoms with E-state index in [1.54, 1.807) is 27.4 Å². The number of methoxy groups -OCH3 is 3. The Morgan fingerprint density at radius 3 is 2.31 bits per heavy atom. The number of hydrogen-bond acceptors (Lipinski definition) is 10. The topological polar surface area (TPSA) is 103 Å². The highest BCUT2D eigenvalue weighted by atomic mass is 35.5. The van der Waals surface area contributed by atoms with Gasteiger partial charge in [-0.15, -0.1) is 11.6 Å². The Morgan fingerprint density at radius 1 is 0.833 bits per heavy atom. The molecule has 2 saturated heterocycles. The van der Waals surface area contributed by atoms with Crippen LogP contribution in [-0.2, 0) is 9.47 Å². The van der Waals surface area contributed by atoms with Crippen LogP contribution >= 0.6 is 11.6 Å². The van der Waals surface area contributed by atoms with Gasteiger partial charge in [-0.05, 0) is 30.3 Å². The van der Waals surface area contributed by atoms with Crippen LogP contribution < -0.4 is 33.2 Å². The average molecular weight is 599 g/mol. The number of ether oxygens (including phenoxy) is 9. The first-order valence-corrected chi connectivity index (χ1v) is 14.2. The van der Waals surface area contributed by atoms with E-state index >= 15 is 0 Å². The molecule has 6 atom stereocenters. The van der Waals surface area contributed by atoms with E-state index in [0.717, 1.165) is 5.56 Å². The van der Waals surface area contributed by atoms with E-state index in [-0.39, 0.29) is 25.9 Å². The zero-order chi connectivity index (χ0) is 29.0. The first-order valence-electron chi connectivity index (χ1n) is 13.7. The van der Waals surface area contributed by atoms with Gasteiger partial charge in [-0.2, -0.15) is 0 Å². The molecule has 4 aliphatic heterocycles. The van der Waals surface area contributed by atoms with Crippen LogP contribution in [0.1, 0.15) is 35.0 Å². The molecule has 10 nitrogen and oxygen atoms in total. The van der Waals surface area contributed by atoms with Crippen LogP contribution in [0.5, 0.6) is 40.2 Å². The number of alkyl halides is 1. The summed E-state index contributed by atoms with van der Waals surface area (Å²) < 4.78 is 53.4. The highest BCUT2D eigenvalue weighted by Gasteiger charge is 2.61. The van der Waals surface area contributed by atoms with E-state index in [9.17, 15) is 5.11 Å². The molecule has 0 radical (unpaired) electrons. The SMILES string of the molecule is COc1cc2c(cc1[C@H]1OC[C@]3(O)[C@@H](c4c(OC)cccc4OC)OC[C@H]13)O[C@@H](CCl)[C@@H](c1ccc3c(c1)OCO3)O2. The Bertz CT molecular complexity index is 1470. The van der Waals surface area contributed by atoms with Crippen molar-refractivity contribution in [3.63, 3.8) is 0 Å². The molecule has 0 aromatic heterocycles. The van der Waals surface area contributed by atoms with Gasteiger partial charge in [-0.3, -0.25) is 0 Å². The standard InChI is InChI=1S/C31H31ClO10/c1-34-20-5-4-6-21(35-2)27(20)30-31(33)14-38-29(18(31)13-37-30)17-10-24-25(11-22(17)36-3)42-28(26(12-32)41-24)16-7-8-19-23(9-16)40-15-39-19/h4-11,18,26,28-30,33H,12-15H2,1-3H3/t18-,26+,28-,29-,30-,31-/m1/s1. The van der Waals surface area contributed by atoms with Crippen molar-refractivity contribution >= 4 is 11.6 Å². The summed E-state index contributed by atoms with van der Waals surface area (Å²) in [6, 6.07) is 14.7. The molecule has 11 heteroatoms.